The molecule has 106 valence electrons. The lowest BCUT2D eigenvalue weighted by Gasteiger charge is -2.39. The number of hydrogen-bond acceptors (Lipinski definition) is 4. The third kappa shape index (κ3) is 3.26. The molecule has 1 heterocycles. The Kier molecular flexibility index (Phi) is 4.80. The zero-order chi connectivity index (χ0) is 13.8. The van der Waals surface area contributed by atoms with Crippen molar-refractivity contribution in [2.45, 2.75) is 38.5 Å². The number of nitrogens with zero attached hydrogens (tertiary/aromatic N) is 1. The first-order valence-electron chi connectivity index (χ1n) is 6.92. The Morgan fingerprint density at radius 1 is 1.37 bits per heavy atom. The van der Waals surface area contributed by atoms with Crippen LogP contribution in [0.1, 0.15) is 31.9 Å². The molecule has 0 bridgehead atoms. The molecule has 3 atom stereocenters. The van der Waals surface area contributed by atoms with Crippen molar-refractivity contribution < 1.29 is 14.9 Å². The molecule has 0 aliphatic carbocycles. The van der Waals surface area contributed by atoms with Gasteiger partial charge in [-0.1, -0.05) is 19.1 Å². The van der Waals surface area contributed by atoms with Gasteiger partial charge in [0.2, 0.25) is 0 Å². The highest BCUT2D eigenvalue weighted by molar-refractivity contribution is 5.49. The van der Waals surface area contributed by atoms with Gasteiger partial charge >= 0.3 is 0 Å². The number of aliphatic hydroxyl groups excluding tert-OH is 2. The number of rotatable bonds is 4. The van der Waals surface area contributed by atoms with E-state index in [-0.39, 0.29) is 18.8 Å². The molecule has 1 aromatic rings. The molecule has 1 aromatic carbocycles. The van der Waals surface area contributed by atoms with Crippen LogP contribution in [0.3, 0.4) is 0 Å². The molecule has 0 amide bonds. The van der Waals surface area contributed by atoms with Crippen LogP contribution < -0.4 is 4.90 Å². The highest BCUT2D eigenvalue weighted by Crippen LogP contribution is 2.24. The highest BCUT2D eigenvalue weighted by atomic mass is 16.5. The largest absolute Gasteiger partial charge is 0.394 e. The van der Waals surface area contributed by atoms with Crippen LogP contribution in [0.5, 0.6) is 0 Å². The zero-order valence-electron chi connectivity index (χ0n) is 11.6. The van der Waals surface area contributed by atoms with Crippen LogP contribution in [0.25, 0.3) is 0 Å². The first-order valence-corrected chi connectivity index (χ1v) is 6.92. The first-order chi connectivity index (χ1) is 9.15. The Morgan fingerprint density at radius 2 is 2.05 bits per heavy atom. The van der Waals surface area contributed by atoms with Crippen LogP contribution in [-0.4, -0.2) is 42.1 Å². The van der Waals surface area contributed by atoms with Crippen LogP contribution in [-0.2, 0) is 4.74 Å². The summed E-state index contributed by atoms with van der Waals surface area (Å²) in [5.74, 6) is 0. The minimum Gasteiger partial charge on any atom is -0.394 e. The lowest BCUT2D eigenvalue weighted by molar-refractivity contribution is -0.0103. The minimum absolute atomic E-state index is 0.0514. The molecule has 0 radical (unpaired) electrons. The van der Waals surface area contributed by atoms with Crippen molar-refractivity contribution >= 4 is 5.69 Å². The van der Waals surface area contributed by atoms with Crippen molar-refractivity contribution in [3.05, 3.63) is 29.8 Å². The van der Waals surface area contributed by atoms with Crippen molar-refractivity contribution in [2.24, 2.45) is 0 Å². The number of hydrogen-bond donors (Lipinski definition) is 2. The monoisotopic (exact) mass is 265 g/mol. The predicted molar refractivity (Wildman–Crippen MR) is 75.3 cm³/mol. The van der Waals surface area contributed by atoms with Gasteiger partial charge in [0, 0.05) is 18.3 Å². The van der Waals surface area contributed by atoms with Gasteiger partial charge in [-0.15, -0.1) is 0 Å². The fourth-order valence-electron chi connectivity index (χ4n) is 2.41. The third-order valence-electron chi connectivity index (χ3n) is 3.71. The molecule has 1 fully saturated rings. The second-order valence-electron chi connectivity index (χ2n) is 5.15. The summed E-state index contributed by atoms with van der Waals surface area (Å²) in [5, 5.41) is 19.0. The normalized spacial score (nSPS) is 25.4. The van der Waals surface area contributed by atoms with E-state index in [9.17, 15) is 10.2 Å². The number of benzene rings is 1. The van der Waals surface area contributed by atoms with Crippen LogP contribution in [0, 0.1) is 0 Å². The molecule has 2 N–H and O–H groups in total. The van der Waals surface area contributed by atoms with E-state index in [1.54, 1.807) is 0 Å². The summed E-state index contributed by atoms with van der Waals surface area (Å²) in [6, 6.07) is 8.30. The Bertz CT molecular complexity index is 393. The zero-order valence-corrected chi connectivity index (χ0v) is 11.6. The Morgan fingerprint density at radius 3 is 2.63 bits per heavy atom. The fourth-order valence-corrected chi connectivity index (χ4v) is 2.41. The van der Waals surface area contributed by atoms with Crippen LogP contribution in [0.2, 0.25) is 0 Å². The third-order valence-corrected chi connectivity index (χ3v) is 3.71. The van der Waals surface area contributed by atoms with E-state index in [0.29, 0.717) is 19.2 Å². The van der Waals surface area contributed by atoms with E-state index in [1.807, 2.05) is 31.2 Å². The van der Waals surface area contributed by atoms with Gasteiger partial charge in [0.25, 0.3) is 0 Å². The number of aliphatic hydroxyl groups is 2. The summed E-state index contributed by atoms with van der Waals surface area (Å²) in [7, 11) is 0. The van der Waals surface area contributed by atoms with Crippen molar-refractivity contribution in [2.75, 3.05) is 24.7 Å². The van der Waals surface area contributed by atoms with E-state index in [0.717, 1.165) is 17.7 Å². The van der Waals surface area contributed by atoms with E-state index in [1.165, 1.54) is 0 Å². The van der Waals surface area contributed by atoms with Gasteiger partial charge < -0.3 is 19.8 Å². The fraction of sp³-hybridized carbons (Fsp3) is 0.600. The van der Waals surface area contributed by atoms with Crippen molar-refractivity contribution in [3.63, 3.8) is 0 Å². The average Bonchev–Trinajstić information content (AvgIpc) is 2.47. The van der Waals surface area contributed by atoms with E-state index in [4.69, 9.17) is 4.74 Å². The summed E-state index contributed by atoms with van der Waals surface area (Å²) in [5.41, 5.74) is 2.06. The molecule has 2 unspecified atom stereocenters. The SMILES string of the molecule is CC[C@@H](O)c1ccc(N2CC(CO)OCC2C)cc1. The summed E-state index contributed by atoms with van der Waals surface area (Å²) in [4.78, 5) is 2.24. The maximum absolute atomic E-state index is 9.80. The summed E-state index contributed by atoms with van der Waals surface area (Å²) < 4.78 is 5.54. The Labute approximate surface area is 114 Å². The quantitative estimate of drug-likeness (QED) is 0.870. The molecule has 4 heteroatoms. The number of ether oxygens (including phenoxy) is 1. The van der Waals surface area contributed by atoms with Crippen LogP contribution >= 0.6 is 0 Å². The standard InChI is InChI=1S/C15H23NO3/c1-3-15(18)12-4-6-13(7-5-12)16-8-14(9-17)19-10-11(16)2/h4-7,11,14-15,17-18H,3,8-10H2,1-2H3/t11?,14?,15-/m1/s1. The molecule has 0 aromatic heterocycles. The summed E-state index contributed by atoms with van der Waals surface area (Å²) in [6.45, 7) is 5.46. The lowest BCUT2D eigenvalue weighted by atomic mass is 10.1. The molecule has 1 saturated heterocycles. The second kappa shape index (κ2) is 6.37. The van der Waals surface area contributed by atoms with Crippen molar-refractivity contribution in [1.29, 1.82) is 0 Å². The van der Waals surface area contributed by atoms with Crippen molar-refractivity contribution in [3.8, 4) is 0 Å². The molecular weight excluding hydrogens is 242 g/mol. The minimum atomic E-state index is -0.388. The highest BCUT2D eigenvalue weighted by Gasteiger charge is 2.25. The molecule has 1 aliphatic rings. The maximum atomic E-state index is 9.80. The van der Waals surface area contributed by atoms with Gasteiger partial charge in [0.15, 0.2) is 0 Å². The smallest absolute Gasteiger partial charge is 0.0981 e. The van der Waals surface area contributed by atoms with Crippen LogP contribution in [0.4, 0.5) is 5.69 Å². The number of morpholine rings is 1. The maximum Gasteiger partial charge on any atom is 0.0981 e. The number of anilines is 1. The topological polar surface area (TPSA) is 52.9 Å². The van der Waals surface area contributed by atoms with Gasteiger partial charge in [-0.2, -0.15) is 0 Å². The van der Waals surface area contributed by atoms with E-state index in [2.05, 4.69) is 11.8 Å². The van der Waals surface area contributed by atoms with Crippen molar-refractivity contribution in [1.82, 2.24) is 0 Å². The summed E-state index contributed by atoms with van der Waals surface area (Å²) >= 11 is 0. The molecule has 19 heavy (non-hydrogen) atoms. The predicted octanol–water partition coefficient (Wildman–Crippen LogP) is 1.72. The Hall–Kier alpha value is -1.10. The van der Waals surface area contributed by atoms with Crippen LogP contribution in [0.15, 0.2) is 24.3 Å². The first kappa shape index (κ1) is 14.3. The molecular formula is C15H23NO3. The molecule has 1 aliphatic heterocycles. The van der Waals surface area contributed by atoms with Gasteiger partial charge in [-0.3, -0.25) is 0 Å². The van der Waals surface area contributed by atoms with E-state index >= 15 is 0 Å². The Balaban J connectivity index is 2.11. The molecule has 0 saturated carbocycles. The van der Waals surface area contributed by atoms with Gasteiger partial charge in [-0.05, 0) is 31.0 Å². The molecule has 4 nitrogen and oxygen atoms in total. The van der Waals surface area contributed by atoms with Gasteiger partial charge in [0.05, 0.1) is 25.4 Å². The van der Waals surface area contributed by atoms with Gasteiger partial charge in [0.1, 0.15) is 0 Å². The van der Waals surface area contributed by atoms with Gasteiger partial charge in [-0.25, -0.2) is 0 Å². The second-order valence-corrected chi connectivity index (χ2v) is 5.15. The van der Waals surface area contributed by atoms with E-state index < -0.39 is 0 Å². The molecule has 2 rings (SSSR count). The summed E-state index contributed by atoms with van der Waals surface area (Å²) in [6.07, 6.45) is 0.221. The average molecular weight is 265 g/mol. The molecule has 0 spiro atoms. The lowest BCUT2D eigenvalue weighted by Crippen LogP contribution is -2.49.